The fraction of sp³-hybridized carbons (Fsp3) is 0.939. The Balaban J connectivity index is 1.26. The number of fused-ring (bicyclic) bond motifs is 5. The van der Waals surface area contributed by atoms with Crippen LogP contribution in [0, 0.1) is 34.5 Å². The molecular formula is C33H56N4O4. The molecule has 41 heavy (non-hydrogen) atoms. The van der Waals surface area contributed by atoms with Gasteiger partial charge in [-0.05, 0) is 88.1 Å². The zero-order valence-electron chi connectivity index (χ0n) is 26.6. The molecule has 0 N–H and O–H groups in total. The molecule has 0 radical (unpaired) electrons. The summed E-state index contributed by atoms with van der Waals surface area (Å²) in [5.41, 5.74) is 0.313. The largest absolute Gasteiger partial charge is 0.461 e. The van der Waals surface area contributed by atoms with Crippen molar-refractivity contribution >= 4 is 11.9 Å². The third kappa shape index (κ3) is 5.38. The van der Waals surface area contributed by atoms with Gasteiger partial charge < -0.3 is 19.3 Å². The average molecular weight is 573 g/mol. The summed E-state index contributed by atoms with van der Waals surface area (Å²) in [4.78, 5) is 34.8. The maximum absolute atomic E-state index is 12.4. The Bertz CT molecular complexity index is 978. The molecule has 0 spiro atoms. The number of likely N-dealkylation sites (N-methyl/N-ethyl adjacent to an activating group) is 2. The number of carbonyl (C=O) groups excluding carboxylic acids is 2. The molecule has 4 saturated carbocycles. The van der Waals surface area contributed by atoms with E-state index in [-0.39, 0.29) is 35.0 Å². The Hall–Kier alpha value is -1.22. The van der Waals surface area contributed by atoms with Crippen LogP contribution in [-0.2, 0) is 19.1 Å². The molecular weight excluding hydrogens is 516 g/mol. The summed E-state index contributed by atoms with van der Waals surface area (Å²) in [7, 11) is 4.43. The number of esters is 2. The third-order valence-electron chi connectivity index (χ3n) is 13.2. The molecule has 8 nitrogen and oxygen atoms in total. The fourth-order valence-corrected chi connectivity index (χ4v) is 11.0. The van der Waals surface area contributed by atoms with Crippen LogP contribution in [-0.4, -0.2) is 122 Å². The van der Waals surface area contributed by atoms with Crippen LogP contribution < -0.4 is 0 Å². The van der Waals surface area contributed by atoms with Crippen molar-refractivity contribution in [2.75, 3.05) is 66.5 Å². The van der Waals surface area contributed by atoms with E-state index in [1.165, 1.54) is 19.3 Å². The monoisotopic (exact) mass is 572 g/mol. The lowest BCUT2D eigenvalue weighted by Crippen LogP contribution is -2.62. The minimum absolute atomic E-state index is 0.00215. The minimum atomic E-state index is -0.128. The van der Waals surface area contributed by atoms with Gasteiger partial charge in [-0.3, -0.25) is 19.4 Å². The molecule has 0 amide bonds. The highest BCUT2D eigenvalue weighted by atomic mass is 16.5. The van der Waals surface area contributed by atoms with E-state index in [0.29, 0.717) is 35.8 Å². The Labute approximate surface area is 248 Å². The van der Waals surface area contributed by atoms with Crippen molar-refractivity contribution in [3.63, 3.8) is 0 Å². The van der Waals surface area contributed by atoms with Gasteiger partial charge in [0.1, 0.15) is 12.2 Å². The normalized spacial score (nSPS) is 46.3. The first-order chi connectivity index (χ1) is 19.5. The average Bonchev–Trinajstić information content (AvgIpc) is 3.21. The van der Waals surface area contributed by atoms with E-state index in [1.807, 2.05) is 0 Å². The summed E-state index contributed by atoms with van der Waals surface area (Å²) >= 11 is 0. The predicted molar refractivity (Wildman–Crippen MR) is 159 cm³/mol. The first-order valence-corrected chi connectivity index (χ1v) is 16.7. The molecule has 0 bridgehead atoms. The molecule has 6 rings (SSSR count). The molecule has 10 atom stereocenters. The van der Waals surface area contributed by atoms with E-state index in [0.717, 1.165) is 78.0 Å². The highest BCUT2D eigenvalue weighted by Gasteiger charge is 2.65. The quantitative estimate of drug-likeness (QED) is 0.476. The number of nitrogens with zero attached hydrogens (tertiary/aromatic N) is 4. The molecule has 0 aromatic heterocycles. The van der Waals surface area contributed by atoms with Crippen LogP contribution in [0.4, 0.5) is 0 Å². The summed E-state index contributed by atoms with van der Waals surface area (Å²) in [6.45, 7) is 16.9. The summed E-state index contributed by atoms with van der Waals surface area (Å²) < 4.78 is 12.4. The molecule has 0 unspecified atom stereocenters. The van der Waals surface area contributed by atoms with Crippen LogP contribution in [0.25, 0.3) is 0 Å². The van der Waals surface area contributed by atoms with Gasteiger partial charge in [0.05, 0.1) is 0 Å². The molecule has 2 aliphatic heterocycles. The second kappa shape index (κ2) is 11.4. The Morgan fingerprint density at radius 3 is 1.85 bits per heavy atom. The zero-order chi connectivity index (χ0) is 29.1. The number of carbonyl (C=O) groups is 2. The summed E-state index contributed by atoms with van der Waals surface area (Å²) in [6, 6.07) is 0.654. The van der Waals surface area contributed by atoms with Crippen molar-refractivity contribution < 1.29 is 19.1 Å². The van der Waals surface area contributed by atoms with Crippen LogP contribution in [0.3, 0.4) is 0 Å². The SMILES string of the molecule is CC(=O)O[C@H]1C[C@@H]2CC[C@@H]3[C@H](CC[C@@]4(C)[C@H]3C[C@H](N3CCN(C)CC3)[C@@H]4OC(C)=O)[C@@]2(C)C[C@@H]1N1CCN(C)CC1. The van der Waals surface area contributed by atoms with Gasteiger partial charge in [0.25, 0.3) is 0 Å². The molecule has 232 valence electrons. The Morgan fingerprint density at radius 2 is 1.27 bits per heavy atom. The molecule has 0 aromatic rings. The van der Waals surface area contributed by atoms with Crippen molar-refractivity contribution in [3.05, 3.63) is 0 Å². The molecule has 6 fully saturated rings. The van der Waals surface area contributed by atoms with Crippen LogP contribution in [0.1, 0.15) is 72.6 Å². The molecule has 2 saturated heterocycles. The molecule has 2 heterocycles. The number of hydrogen-bond donors (Lipinski definition) is 0. The van der Waals surface area contributed by atoms with Crippen molar-refractivity contribution in [1.29, 1.82) is 0 Å². The van der Waals surface area contributed by atoms with Crippen LogP contribution in [0.5, 0.6) is 0 Å². The number of hydrogen-bond acceptors (Lipinski definition) is 8. The van der Waals surface area contributed by atoms with Gasteiger partial charge in [0.15, 0.2) is 0 Å². The highest BCUT2D eigenvalue weighted by Crippen LogP contribution is 2.67. The maximum Gasteiger partial charge on any atom is 0.302 e. The van der Waals surface area contributed by atoms with Crippen molar-refractivity contribution in [2.24, 2.45) is 34.5 Å². The van der Waals surface area contributed by atoms with Gasteiger partial charge >= 0.3 is 11.9 Å². The Kier molecular flexibility index (Phi) is 8.27. The van der Waals surface area contributed by atoms with Gasteiger partial charge in [-0.1, -0.05) is 13.8 Å². The highest BCUT2D eigenvalue weighted by molar-refractivity contribution is 5.66. The van der Waals surface area contributed by atoms with Gasteiger partial charge in [0, 0.05) is 83.7 Å². The van der Waals surface area contributed by atoms with Gasteiger partial charge in [-0.2, -0.15) is 0 Å². The number of ether oxygens (including phenoxy) is 2. The topological polar surface area (TPSA) is 65.6 Å². The number of piperazine rings is 2. The first kappa shape index (κ1) is 29.8. The fourth-order valence-electron chi connectivity index (χ4n) is 11.0. The molecule has 4 aliphatic carbocycles. The van der Waals surface area contributed by atoms with E-state index >= 15 is 0 Å². The zero-order valence-corrected chi connectivity index (χ0v) is 26.6. The van der Waals surface area contributed by atoms with Crippen LogP contribution >= 0.6 is 0 Å². The summed E-state index contributed by atoms with van der Waals surface area (Å²) in [6.07, 6.45) is 8.20. The van der Waals surface area contributed by atoms with E-state index in [1.54, 1.807) is 13.8 Å². The number of rotatable bonds is 4. The van der Waals surface area contributed by atoms with Gasteiger partial charge in [-0.15, -0.1) is 0 Å². The van der Waals surface area contributed by atoms with Crippen molar-refractivity contribution in [1.82, 2.24) is 19.6 Å². The van der Waals surface area contributed by atoms with Crippen molar-refractivity contribution in [3.8, 4) is 0 Å². The predicted octanol–water partition coefficient (Wildman–Crippen LogP) is 3.34. The lowest BCUT2D eigenvalue weighted by atomic mass is 9.44. The van der Waals surface area contributed by atoms with Crippen LogP contribution in [0.15, 0.2) is 0 Å². The maximum atomic E-state index is 12.4. The first-order valence-electron chi connectivity index (χ1n) is 16.7. The smallest absolute Gasteiger partial charge is 0.302 e. The molecule has 8 heteroatoms. The minimum Gasteiger partial charge on any atom is -0.461 e. The summed E-state index contributed by atoms with van der Waals surface area (Å²) in [5.74, 6) is 2.34. The standard InChI is InChI=1S/C33H56N4O4/c1-22(38)40-30-19-24-7-8-25-26(33(24,4)21-29(30)37-17-13-35(6)14-18-37)9-10-32(3)27(25)20-28(31(32)41-23(2)39)36-15-11-34(5)12-16-36/h24-31H,7-21H2,1-6H3/t24-,25+,26-,27-,28-,29-,30-,31-,32-,33-/m0/s1. The second-order valence-electron chi connectivity index (χ2n) is 15.4. The second-order valence-corrected chi connectivity index (χ2v) is 15.4. The third-order valence-corrected chi connectivity index (χ3v) is 13.2. The van der Waals surface area contributed by atoms with Gasteiger partial charge in [-0.25, -0.2) is 0 Å². The molecule has 6 aliphatic rings. The van der Waals surface area contributed by atoms with Gasteiger partial charge in [0.2, 0.25) is 0 Å². The lowest BCUT2D eigenvalue weighted by Gasteiger charge is -2.62. The van der Waals surface area contributed by atoms with Crippen LogP contribution in [0.2, 0.25) is 0 Å². The van der Waals surface area contributed by atoms with E-state index in [2.05, 4.69) is 47.5 Å². The lowest BCUT2D eigenvalue weighted by molar-refractivity contribution is -0.180. The van der Waals surface area contributed by atoms with E-state index in [4.69, 9.17) is 9.47 Å². The van der Waals surface area contributed by atoms with E-state index < -0.39 is 0 Å². The van der Waals surface area contributed by atoms with Crippen molar-refractivity contribution in [2.45, 2.75) is 96.9 Å². The molecule has 0 aromatic carbocycles. The Morgan fingerprint density at radius 1 is 0.683 bits per heavy atom. The van der Waals surface area contributed by atoms with E-state index in [9.17, 15) is 9.59 Å². The summed E-state index contributed by atoms with van der Waals surface area (Å²) in [5, 5.41) is 0.